The molecular formula is C21H24N2O4. The number of nitrogens with one attached hydrogen (secondary N) is 1. The molecule has 1 aliphatic rings. The van der Waals surface area contributed by atoms with E-state index in [4.69, 9.17) is 9.47 Å². The topological polar surface area (TPSA) is 67.9 Å². The van der Waals surface area contributed by atoms with Gasteiger partial charge in [-0.2, -0.15) is 0 Å². The van der Waals surface area contributed by atoms with Gasteiger partial charge in [0.25, 0.3) is 0 Å². The number of ether oxygens (including phenoxy) is 2. The van der Waals surface area contributed by atoms with E-state index < -0.39 is 5.97 Å². The highest BCUT2D eigenvalue weighted by Gasteiger charge is 2.29. The fraction of sp³-hybridized carbons (Fsp3) is 0.333. The normalized spacial score (nSPS) is 15.5. The Morgan fingerprint density at radius 1 is 1.22 bits per heavy atom. The van der Waals surface area contributed by atoms with Gasteiger partial charge in [-0.25, -0.2) is 9.59 Å². The van der Waals surface area contributed by atoms with Crippen molar-refractivity contribution < 1.29 is 19.1 Å². The van der Waals surface area contributed by atoms with Crippen LogP contribution in [0, 0.1) is 6.92 Å². The van der Waals surface area contributed by atoms with Gasteiger partial charge in [0.2, 0.25) is 0 Å². The zero-order chi connectivity index (χ0) is 19.4. The van der Waals surface area contributed by atoms with Crippen LogP contribution in [0.25, 0.3) is 0 Å². The summed E-state index contributed by atoms with van der Waals surface area (Å²) in [6.07, 6.45) is 0.743. The second-order valence-electron chi connectivity index (χ2n) is 6.46. The van der Waals surface area contributed by atoms with Crippen molar-refractivity contribution in [1.82, 2.24) is 0 Å². The van der Waals surface area contributed by atoms with E-state index in [0.717, 1.165) is 17.7 Å². The fourth-order valence-electron chi connectivity index (χ4n) is 2.99. The van der Waals surface area contributed by atoms with E-state index in [1.807, 2.05) is 32.0 Å². The first kappa shape index (κ1) is 18.8. The third kappa shape index (κ3) is 4.22. The zero-order valence-corrected chi connectivity index (χ0v) is 15.8. The van der Waals surface area contributed by atoms with Gasteiger partial charge < -0.3 is 14.8 Å². The fourth-order valence-corrected chi connectivity index (χ4v) is 2.99. The number of urea groups is 1. The minimum absolute atomic E-state index is 0.0585. The van der Waals surface area contributed by atoms with Crippen molar-refractivity contribution in [1.29, 1.82) is 0 Å². The molecule has 2 amide bonds. The molecule has 2 aromatic rings. The van der Waals surface area contributed by atoms with E-state index in [9.17, 15) is 9.59 Å². The first-order valence-corrected chi connectivity index (χ1v) is 9.14. The second-order valence-corrected chi connectivity index (χ2v) is 6.46. The third-order valence-corrected chi connectivity index (χ3v) is 4.41. The van der Waals surface area contributed by atoms with Gasteiger partial charge in [-0.3, -0.25) is 4.90 Å². The molecule has 0 saturated carbocycles. The summed E-state index contributed by atoms with van der Waals surface area (Å²) in [7, 11) is 0. The summed E-state index contributed by atoms with van der Waals surface area (Å²) >= 11 is 0. The molecule has 6 nitrogen and oxygen atoms in total. The summed E-state index contributed by atoms with van der Waals surface area (Å²) in [5.74, 6) is 0.293. The van der Waals surface area contributed by atoms with Gasteiger partial charge in [0.05, 0.1) is 24.4 Å². The van der Waals surface area contributed by atoms with Crippen LogP contribution >= 0.6 is 0 Å². The van der Waals surface area contributed by atoms with Gasteiger partial charge in [-0.15, -0.1) is 0 Å². The van der Waals surface area contributed by atoms with Crippen LogP contribution in [0.3, 0.4) is 0 Å². The van der Waals surface area contributed by atoms with Gasteiger partial charge in [0, 0.05) is 5.69 Å². The quantitative estimate of drug-likeness (QED) is 0.813. The predicted octanol–water partition coefficient (Wildman–Crippen LogP) is 4.38. The van der Waals surface area contributed by atoms with Crippen LogP contribution in [0.1, 0.15) is 36.2 Å². The molecule has 2 aromatic carbocycles. The van der Waals surface area contributed by atoms with Crippen molar-refractivity contribution in [2.45, 2.75) is 33.3 Å². The number of rotatable bonds is 4. The lowest BCUT2D eigenvalue weighted by Gasteiger charge is -2.34. The Bertz CT molecular complexity index is 850. The van der Waals surface area contributed by atoms with Crippen LogP contribution in [0.5, 0.6) is 5.75 Å². The number of fused-ring (bicyclic) bond motifs is 1. The molecule has 1 atom stereocenters. The first-order chi connectivity index (χ1) is 13.0. The Kier molecular flexibility index (Phi) is 5.64. The highest BCUT2D eigenvalue weighted by molar-refractivity contribution is 6.03. The van der Waals surface area contributed by atoms with Gasteiger partial charge in [-0.1, -0.05) is 19.1 Å². The maximum absolute atomic E-state index is 13.0. The highest BCUT2D eigenvalue weighted by atomic mass is 16.5. The van der Waals surface area contributed by atoms with Crippen molar-refractivity contribution in [3.05, 3.63) is 53.6 Å². The molecule has 3 rings (SSSR count). The molecule has 0 aromatic heterocycles. The number of carbonyl (C=O) groups excluding carboxylic acids is 2. The second kappa shape index (κ2) is 8.12. The largest absolute Gasteiger partial charge is 0.486 e. The SMILES string of the molecule is CCOC(=O)c1cccc(NC(=O)N2C[C@@H](CC)Oc3ccc(C)cc32)c1. The van der Waals surface area contributed by atoms with Crippen LogP contribution in [0.4, 0.5) is 16.2 Å². The van der Waals surface area contributed by atoms with Crippen LogP contribution in [-0.2, 0) is 4.74 Å². The molecule has 0 saturated heterocycles. The molecule has 1 N–H and O–H groups in total. The number of hydrogen-bond acceptors (Lipinski definition) is 4. The van der Waals surface area contributed by atoms with Crippen LogP contribution in [0.2, 0.25) is 0 Å². The van der Waals surface area contributed by atoms with Crippen LogP contribution in [-0.4, -0.2) is 31.3 Å². The van der Waals surface area contributed by atoms with E-state index in [1.54, 1.807) is 36.1 Å². The van der Waals surface area contributed by atoms with Crippen molar-refractivity contribution in [3.63, 3.8) is 0 Å². The van der Waals surface area contributed by atoms with Crippen LogP contribution < -0.4 is 15.0 Å². The maximum Gasteiger partial charge on any atom is 0.338 e. The number of aryl methyl sites for hydroxylation is 1. The summed E-state index contributed by atoms with van der Waals surface area (Å²) in [6, 6.07) is 12.3. The smallest absolute Gasteiger partial charge is 0.338 e. The summed E-state index contributed by atoms with van der Waals surface area (Å²) in [4.78, 5) is 26.5. The minimum atomic E-state index is -0.410. The first-order valence-electron chi connectivity index (χ1n) is 9.14. The molecule has 1 heterocycles. The molecule has 0 aliphatic carbocycles. The monoisotopic (exact) mass is 368 g/mol. The molecular weight excluding hydrogens is 344 g/mol. The molecule has 0 radical (unpaired) electrons. The zero-order valence-electron chi connectivity index (χ0n) is 15.8. The van der Waals surface area contributed by atoms with Crippen molar-refractivity contribution in [2.75, 3.05) is 23.4 Å². The molecule has 6 heteroatoms. The number of hydrogen-bond donors (Lipinski definition) is 1. The molecule has 1 aliphatic heterocycles. The molecule has 0 fully saturated rings. The summed E-state index contributed by atoms with van der Waals surface area (Å²) in [5, 5.41) is 2.88. The van der Waals surface area contributed by atoms with E-state index in [0.29, 0.717) is 30.2 Å². The molecule has 0 spiro atoms. The Labute approximate surface area is 159 Å². The maximum atomic E-state index is 13.0. The Morgan fingerprint density at radius 3 is 2.78 bits per heavy atom. The lowest BCUT2D eigenvalue weighted by molar-refractivity contribution is 0.0526. The third-order valence-electron chi connectivity index (χ3n) is 4.41. The average Bonchev–Trinajstić information content (AvgIpc) is 2.67. The number of esters is 1. The number of amides is 2. The van der Waals surface area contributed by atoms with Gasteiger partial charge >= 0.3 is 12.0 Å². The standard InChI is InChI=1S/C21H24N2O4/c1-4-17-13-23(18-11-14(3)9-10-19(18)27-17)21(25)22-16-8-6-7-15(12-16)20(24)26-5-2/h6-12,17H,4-5,13H2,1-3H3,(H,22,25)/t17-/m1/s1. The van der Waals surface area contributed by atoms with Crippen LogP contribution in [0.15, 0.2) is 42.5 Å². The van der Waals surface area contributed by atoms with Gasteiger partial charge in [0.15, 0.2) is 0 Å². The number of anilines is 2. The number of benzene rings is 2. The number of nitrogens with zero attached hydrogens (tertiary/aromatic N) is 1. The Hall–Kier alpha value is -3.02. The van der Waals surface area contributed by atoms with Crippen molar-refractivity contribution in [3.8, 4) is 5.75 Å². The molecule has 27 heavy (non-hydrogen) atoms. The Morgan fingerprint density at radius 2 is 2.04 bits per heavy atom. The highest BCUT2D eigenvalue weighted by Crippen LogP contribution is 2.35. The average molecular weight is 368 g/mol. The minimum Gasteiger partial charge on any atom is -0.486 e. The van der Waals surface area contributed by atoms with Gasteiger partial charge in [0.1, 0.15) is 11.9 Å². The lowest BCUT2D eigenvalue weighted by Crippen LogP contribution is -2.45. The van der Waals surface area contributed by atoms with E-state index in [2.05, 4.69) is 5.32 Å². The summed E-state index contributed by atoms with van der Waals surface area (Å²) < 4.78 is 11.0. The van der Waals surface area contributed by atoms with E-state index in [-0.39, 0.29) is 12.1 Å². The lowest BCUT2D eigenvalue weighted by atomic mass is 10.1. The molecule has 142 valence electrons. The van der Waals surface area contributed by atoms with E-state index >= 15 is 0 Å². The van der Waals surface area contributed by atoms with Crippen molar-refractivity contribution in [2.24, 2.45) is 0 Å². The molecule has 0 unspecified atom stereocenters. The number of carbonyl (C=O) groups is 2. The van der Waals surface area contributed by atoms with E-state index in [1.165, 1.54) is 0 Å². The van der Waals surface area contributed by atoms with Gasteiger partial charge in [-0.05, 0) is 56.2 Å². The molecule has 0 bridgehead atoms. The summed E-state index contributed by atoms with van der Waals surface area (Å²) in [6.45, 7) is 6.54. The Balaban J connectivity index is 1.83. The summed E-state index contributed by atoms with van der Waals surface area (Å²) in [5.41, 5.74) is 2.74. The van der Waals surface area contributed by atoms with Crippen molar-refractivity contribution >= 4 is 23.4 Å². The predicted molar refractivity (Wildman–Crippen MR) is 105 cm³/mol.